The lowest BCUT2D eigenvalue weighted by atomic mass is 9.84. The predicted molar refractivity (Wildman–Crippen MR) is 133 cm³/mol. The summed E-state index contributed by atoms with van der Waals surface area (Å²) >= 11 is 0. The zero-order chi connectivity index (χ0) is 24.2. The quantitative estimate of drug-likeness (QED) is 0.637. The number of amides is 1. The number of fused-ring (bicyclic) bond motifs is 2. The number of rotatable bonds is 6. The number of piperidine rings is 1. The molecule has 1 amide bonds. The van der Waals surface area contributed by atoms with Gasteiger partial charge in [0.25, 0.3) is 5.91 Å². The number of hydrogen-bond acceptors (Lipinski definition) is 7. The van der Waals surface area contributed by atoms with Crippen molar-refractivity contribution in [2.24, 2.45) is 5.92 Å². The fourth-order valence-corrected chi connectivity index (χ4v) is 6.01. The van der Waals surface area contributed by atoms with E-state index in [0.29, 0.717) is 23.7 Å². The van der Waals surface area contributed by atoms with Gasteiger partial charge >= 0.3 is 0 Å². The molecule has 35 heavy (non-hydrogen) atoms. The Bertz CT molecular complexity index is 1140. The van der Waals surface area contributed by atoms with E-state index >= 15 is 0 Å². The van der Waals surface area contributed by atoms with E-state index in [1.165, 1.54) is 31.9 Å². The standard InChI is InChI=1S/C26H33FN6O2/c1-26(2)12-18(10-19-4-3-9-33(19)26)29-24-20(27)13-28-25(31-24)30-17-7-8-21-22(11-17)35-15-23(34)32(21)14-16-5-6-16/h7-8,11,13,16,18-19H,3-6,9-10,12,14-15H2,1-2H3,(H2,28,29,30,31)/t18-,19?/m1/s1. The van der Waals surface area contributed by atoms with Crippen LogP contribution in [0.2, 0.25) is 0 Å². The summed E-state index contributed by atoms with van der Waals surface area (Å²) in [7, 11) is 0. The Hall–Kier alpha value is -2.94. The van der Waals surface area contributed by atoms with Crippen LogP contribution < -0.4 is 20.3 Å². The Morgan fingerprint density at radius 3 is 2.94 bits per heavy atom. The maximum absolute atomic E-state index is 14.7. The number of hydrogen-bond donors (Lipinski definition) is 2. The Morgan fingerprint density at radius 2 is 2.11 bits per heavy atom. The molecule has 0 bridgehead atoms. The molecule has 1 aliphatic carbocycles. The van der Waals surface area contributed by atoms with Crippen LogP contribution in [0.15, 0.2) is 24.4 Å². The molecular weight excluding hydrogens is 447 g/mol. The maximum atomic E-state index is 14.7. The molecule has 2 N–H and O–H groups in total. The molecule has 1 aromatic heterocycles. The number of ether oxygens (including phenoxy) is 1. The third-order valence-corrected chi connectivity index (χ3v) is 7.84. The largest absolute Gasteiger partial charge is 0.481 e. The fraction of sp³-hybridized carbons (Fsp3) is 0.577. The molecule has 6 rings (SSSR count). The molecule has 1 aromatic carbocycles. The van der Waals surface area contributed by atoms with Crippen molar-refractivity contribution in [3.63, 3.8) is 0 Å². The average Bonchev–Trinajstić information content (AvgIpc) is 3.51. The van der Waals surface area contributed by atoms with Crippen LogP contribution in [0.1, 0.15) is 52.4 Å². The highest BCUT2D eigenvalue weighted by Gasteiger charge is 2.43. The van der Waals surface area contributed by atoms with Gasteiger partial charge in [-0.25, -0.2) is 9.37 Å². The van der Waals surface area contributed by atoms with Gasteiger partial charge in [0.05, 0.1) is 11.9 Å². The molecule has 3 aliphatic heterocycles. The minimum atomic E-state index is -0.454. The zero-order valence-electron chi connectivity index (χ0n) is 20.4. The van der Waals surface area contributed by atoms with Gasteiger partial charge in [-0.15, -0.1) is 0 Å². The van der Waals surface area contributed by atoms with Crippen molar-refractivity contribution in [3.05, 3.63) is 30.2 Å². The minimum Gasteiger partial charge on any atom is -0.481 e. The molecule has 0 radical (unpaired) electrons. The molecular formula is C26H33FN6O2. The second-order valence-corrected chi connectivity index (χ2v) is 11.0. The van der Waals surface area contributed by atoms with Crippen LogP contribution in [0, 0.1) is 11.7 Å². The number of carbonyl (C=O) groups excluding carboxylic acids is 1. The molecule has 4 heterocycles. The first kappa shape index (κ1) is 22.5. The molecule has 1 unspecified atom stereocenters. The van der Waals surface area contributed by atoms with Gasteiger partial charge in [0.15, 0.2) is 18.2 Å². The third-order valence-electron chi connectivity index (χ3n) is 7.84. The average molecular weight is 481 g/mol. The number of benzene rings is 1. The van der Waals surface area contributed by atoms with Gasteiger partial charge in [0, 0.05) is 35.9 Å². The van der Waals surface area contributed by atoms with Gasteiger partial charge in [0.1, 0.15) is 5.75 Å². The first-order valence-corrected chi connectivity index (χ1v) is 12.8. The summed E-state index contributed by atoms with van der Waals surface area (Å²) in [6.45, 7) is 6.49. The van der Waals surface area contributed by atoms with E-state index in [2.05, 4.69) is 39.3 Å². The van der Waals surface area contributed by atoms with Crippen molar-refractivity contribution in [1.29, 1.82) is 0 Å². The van der Waals surface area contributed by atoms with Crippen LogP contribution in [0.4, 0.5) is 27.5 Å². The summed E-state index contributed by atoms with van der Waals surface area (Å²) in [5.74, 6) is 1.33. The number of aromatic nitrogens is 2. The van der Waals surface area contributed by atoms with Gasteiger partial charge in [-0.2, -0.15) is 4.98 Å². The van der Waals surface area contributed by atoms with Crippen LogP contribution in [-0.4, -0.2) is 58.1 Å². The monoisotopic (exact) mass is 480 g/mol. The fourth-order valence-electron chi connectivity index (χ4n) is 6.01. The number of anilines is 4. The molecule has 1 saturated carbocycles. The lowest BCUT2D eigenvalue weighted by Crippen LogP contribution is -2.55. The Kier molecular flexibility index (Phi) is 5.55. The SMILES string of the molecule is CC1(C)C[C@H](Nc2nc(Nc3ccc4c(c3)OCC(=O)N4CC3CC3)ncc2F)CC2CCCN21. The number of nitrogens with one attached hydrogen (secondary N) is 2. The topological polar surface area (TPSA) is 82.6 Å². The van der Waals surface area contributed by atoms with Gasteiger partial charge in [-0.1, -0.05) is 0 Å². The molecule has 186 valence electrons. The first-order chi connectivity index (χ1) is 16.9. The highest BCUT2D eigenvalue weighted by Crippen LogP contribution is 2.40. The van der Waals surface area contributed by atoms with Gasteiger partial charge in [-0.3, -0.25) is 9.69 Å². The molecule has 3 fully saturated rings. The van der Waals surface area contributed by atoms with Crippen molar-refractivity contribution >= 4 is 29.0 Å². The minimum absolute atomic E-state index is 0.00527. The van der Waals surface area contributed by atoms with Crippen LogP contribution >= 0.6 is 0 Å². The Balaban J connectivity index is 1.17. The Labute approximate surface area is 205 Å². The van der Waals surface area contributed by atoms with E-state index in [9.17, 15) is 9.18 Å². The van der Waals surface area contributed by atoms with E-state index in [4.69, 9.17) is 4.74 Å². The summed E-state index contributed by atoms with van der Waals surface area (Å²) in [5.41, 5.74) is 1.60. The van der Waals surface area contributed by atoms with Crippen LogP contribution in [0.25, 0.3) is 0 Å². The summed E-state index contributed by atoms with van der Waals surface area (Å²) in [6, 6.07) is 6.31. The van der Waals surface area contributed by atoms with Crippen molar-refractivity contribution in [1.82, 2.24) is 14.9 Å². The molecule has 2 saturated heterocycles. The second kappa shape index (κ2) is 8.62. The van der Waals surface area contributed by atoms with Crippen LogP contribution in [0.3, 0.4) is 0 Å². The van der Waals surface area contributed by atoms with Crippen molar-refractivity contribution in [2.75, 3.05) is 35.2 Å². The molecule has 2 atom stereocenters. The predicted octanol–water partition coefficient (Wildman–Crippen LogP) is 4.31. The third kappa shape index (κ3) is 4.53. The summed E-state index contributed by atoms with van der Waals surface area (Å²) in [6.07, 6.45) is 7.92. The maximum Gasteiger partial charge on any atom is 0.265 e. The van der Waals surface area contributed by atoms with Crippen molar-refractivity contribution in [2.45, 2.75) is 70.0 Å². The molecule has 0 spiro atoms. The Morgan fingerprint density at radius 1 is 1.26 bits per heavy atom. The first-order valence-electron chi connectivity index (χ1n) is 12.8. The number of carbonyl (C=O) groups is 1. The normalized spacial score (nSPS) is 25.6. The number of nitrogens with zero attached hydrogens (tertiary/aromatic N) is 4. The lowest BCUT2D eigenvalue weighted by Gasteiger charge is -2.47. The van der Waals surface area contributed by atoms with Crippen LogP contribution in [-0.2, 0) is 4.79 Å². The molecule has 8 nitrogen and oxygen atoms in total. The van der Waals surface area contributed by atoms with Crippen LogP contribution in [0.5, 0.6) is 5.75 Å². The van der Waals surface area contributed by atoms with Crippen molar-refractivity contribution in [3.8, 4) is 5.75 Å². The van der Waals surface area contributed by atoms with E-state index in [1.54, 1.807) is 0 Å². The van der Waals surface area contributed by atoms with Gasteiger partial charge < -0.3 is 20.3 Å². The van der Waals surface area contributed by atoms with E-state index in [-0.39, 0.29) is 29.9 Å². The van der Waals surface area contributed by atoms with Gasteiger partial charge in [0.2, 0.25) is 5.95 Å². The lowest BCUT2D eigenvalue weighted by molar-refractivity contribution is -0.121. The molecule has 2 aromatic rings. The van der Waals surface area contributed by atoms with E-state index in [1.807, 2.05) is 23.1 Å². The van der Waals surface area contributed by atoms with E-state index in [0.717, 1.165) is 37.3 Å². The van der Waals surface area contributed by atoms with Gasteiger partial charge in [-0.05, 0) is 77.0 Å². The molecule has 9 heteroatoms. The van der Waals surface area contributed by atoms with Crippen molar-refractivity contribution < 1.29 is 13.9 Å². The smallest absolute Gasteiger partial charge is 0.265 e. The number of halogens is 1. The summed E-state index contributed by atoms with van der Waals surface area (Å²) in [4.78, 5) is 25.4. The molecule has 4 aliphatic rings. The summed E-state index contributed by atoms with van der Waals surface area (Å²) < 4.78 is 20.4. The zero-order valence-corrected chi connectivity index (χ0v) is 20.4. The second-order valence-electron chi connectivity index (χ2n) is 11.0. The van der Waals surface area contributed by atoms with E-state index < -0.39 is 5.82 Å². The summed E-state index contributed by atoms with van der Waals surface area (Å²) in [5, 5.41) is 6.54. The highest BCUT2D eigenvalue weighted by atomic mass is 19.1. The highest BCUT2D eigenvalue weighted by molar-refractivity contribution is 5.98.